The van der Waals surface area contributed by atoms with Gasteiger partial charge in [0, 0.05) is 45.4 Å². The summed E-state index contributed by atoms with van der Waals surface area (Å²) >= 11 is 0. The lowest BCUT2D eigenvalue weighted by molar-refractivity contribution is 0.114. The van der Waals surface area contributed by atoms with Crippen molar-refractivity contribution in [3.05, 3.63) is 36.2 Å². The molecule has 1 saturated heterocycles. The van der Waals surface area contributed by atoms with Crippen LogP contribution in [0.1, 0.15) is 37.9 Å². The molecule has 0 unspecified atom stereocenters. The predicted molar refractivity (Wildman–Crippen MR) is 143 cm³/mol. The Kier molecular flexibility index (Phi) is 8.65. The van der Waals surface area contributed by atoms with Gasteiger partial charge in [0.1, 0.15) is 11.6 Å². The van der Waals surface area contributed by atoms with Crippen molar-refractivity contribution in [2.45, 2.75) is 38.2 Å². The van der Waals surface area contributed by atoms with Crippen molar-refractivity contribution in [1.29, 1.82) is 0 Å². The molecule has 1 aromatic carbocycles. The van der Waals surface area contributed by atoms with Gasteiger partial charge in [0.15, 0.2) is 5.82 Å². The number of nitrogens with zero attached hydrogens (tertiary/aromatic N) is 6. The average molecular weight is 530 g/mol. The molecule has 1 N–H and O–H groups in total. The second-order valence-corrected chi connectivity index (χ2v) is 10.1. The quantitative estimate of drug-likeness (QED) is 0.420. The molecule has 2 fully saturated rings. The van der Waals surface area contributed by atoms with Crippen LogP contribution in [0.25, 0.3) is 16.9 Å². The zero-order valence-corrected chi connectivity index (χ0v) is 22.2. The molecule has 0 atom stereocenters. The molecule has 3 aromatic rings. The van der Waals surface area contributed by atoms with E-state index in [0.717, 1.165) is 45.4 Å². The number of nitrogens with one attached hydrogen (secondary N) is 1. The Bertz CT molecular complexity index is 1190. The summed E-state index contributed by atoms with van der Waals surface area (Å²) in [7, 11) is 3.91. The Morgan fingerprint density at radius 2 is 1.87 bits per heavy atom. The Labute approximate surface area is 222 Å². The van der Waals surface area contributed by atoms with Crippen LogP contribution in [0.5, 0.6) is 0 Å². The number of rotatable bonds is 10. The van der Waals surface area contributed by atoms with E-state index in [1.807, 2.05) is 11.0 Å². The van der Waals surface area contributed by atoms with Crippen molar-refractivity contribution in [1.82, 2.24) is 24.4 Å². The van der Waals surface area contributed by atoms with Gasteiger partial charge in [-0.1, -0.05) is 12.1 Å². The molecule has 9 nitrogen and oxygen atoms in total. The van der Waals surface area contributed by atoms with Crippen molar-refractivity contribution < 1.29 is 18.3 Å². The van der Waals surface area contributed by atoms with E-state index < -0.39 is 6.43 Å². The number of morpholine rings is 1. The van der Waals surface area contributed by atoms with Gasteiger partial charge < -0.3 is 24.6 Å². The number of imidazole rings is 1. The van der Waals surface area contributed by atoms with Crippen LogP contribution < -0.4 is 10.2 Å². The van der Waals surface area contributed by atoms with E-state index in [1.54, 1.807) is 31.4 Å². The molecule has 2 aromatic heterocycles. The van der Waals surface area contributed by atoms with E-state index in [0.29, 0.717) is 66.9 Å². The lowest BCUT2D eigenvalue weighted by Crippen LogP contribution is -2.38. The first-order chi connectivity index (χ1) is 18.5. The van der Waals surface area contributed by atoms with Crippen molar-refractivity contribution >= 4 is 22.8 Å². The minimum absolute atomic E-state index is 0.320. The number of aromatic nitrogens is 4. The summed E-state index contributed by atoms with van der Waals surface area (Å²) in [4.78, 5) is 18.2. The number of likely N-dealkylation sites (N-methyl/N-ethyl adjacent to an activating group) is 1. The van der Waals surface area contributed by atoms with Gasteiger partial charge in [-0.15, -0.1) is 0 Å². The van der Waals surface area contributed by atoms with E-state index in [-0.39, 0.29) is 5.82 Å². The smallest absolute Gasteiger partial charge is 0.296 e. The third kappa shape index (κ3) is 6.05. The number of anilines is 2. The molecule has 0 spiro atoms. The van der Waals surface area contributed by atoms with Crippen molar-refractivity contribution in [2.75, 3.05) is 70.4 Å². The van der Waals surface area contributed by atoms with Gasteiger partial charge in [-0.25, -0.2) is 13.8 Å². The second-order valence-electron chi connectivity index (χ2n) is 10.1. The van der Waals surface area contributed by atoms with Gasteiger partial charge in [-0.2, -0.15) is 9.97 Å². The zero-order chi connectivity index (χ0) is 26.5. The summed E-state index contributed by atoms with van der Waals surface area (Å²) < 4.78 is 40.3. The molecule has 1 saturated carbocycles. The number of alkyl halides is 2. The number of para-hydroxylation sites is 2. The van der Waals surface area contributed by atoms with Crippen molar-refractivity contribution in [2.24, 2.45) is 5.92 Å². The number of halogens is 2. The molecule has 11 heteroatoms. The predicted octanol–water partition coefficient (Wildman–Crippen LogP) is 4.14. The van der Waals surface area contributed by atoms with Crippen LogP contribution in [0.2, 0.25) is 0 Å². The van der Waals surface area contributed by atoms with Crippen LogP contribution in [0.4, 0.5) is 20.5 Å². The molecule has 3 heterocycles. The summed E-state index contributed by atoms with van der Waals surface area (Å²) in [5, 5.41) is 3.51. The number of hydrogen-bond donors (Lipinski definition) is 1. The van der Waals surface area contributed by atoms with Gasteiger partial charge in [0.2, 0.25) is 5.95 Å². The number of benzene rings is 1. The molecule has 1 aliphatic carbocycles. The minimum Gasteiger partial charge on any atom is -0.383 e. The monoisotopic (exact) mass is 529 g/mol. The fourth-order valence-corrected chi connectivity index (χ4v) is 5.42. The van der Waals surface area contributed by atoms with Gasteiger partial charge in [0.25, 0.3) is 6.43 Å². The first-order valence-electron chi connectivity index (χ1n) is 13.4. The van der Waals surface area contributed by atoms with E-state index in [4.69, 9.17) is 19.4 Å². The van der Waals surface area contributed by atoms with Crippen LogP contribution in [-0.4, -0.2) is 90.6 Å². The average Bonchev–Trinajstić information content (AvgIpc) is 3.36. The third-order valence-electron chi connectivity index (χ3n) is 7.67. The van der Waals surface area contributed by atoms with Crippen LogP contribution in [-0.2, 0) is 9.47 Å². The summed E-state index contributed by atoms with van der Waals surface area (Å²) in [6, 6.07) is 9.49. The normalized spacial score (nSPS) is 20.5. The highest BCUT2D eigenvalue weighted by molar-refractivity contribution is 5.78. The lowest BCUT2D eigenvalue weighted by Gasteiger charge is -2.34. The fourth-order valence-electron chi connectivity index (χ4n) is 5.42. The van der Waals surface area contributed by atoms with Crippen LogP contribution in [0.3, 0.4) is 0 Å². The van der Waals surface area contributed by atoms with Crippen LogP contribution in [0.15, 0.2) is 30.3 Å². The van der Waals surface area contributed by atoms with E-state index in [9.17, 15) is 8.78 Å². The molecule has 2 aliphatic rings. The summed E-state index contributed by atoms with van der Waals surface area (Å²) in [6.07, 6.45) is 1.83. The van der Waals surface area contributed by atoms with Gasteiger partial charge in [0.05, 0.1) is 30.9 Å². The van der Waals surface area contributed by atoms with Gasteiger partial charge in [-0.3, -0.25) is 4.57 Å². The molecular formula is C27H37F2N7O2. The molecule has 38 heavy (non-hydrogen) atoms. The van der Waals surface area contributed by atoms with Crippen LogP contribution >= 0.6 is 0 Å². The molecule has 1 aliphatic heterocycles. The Morgan fingerprint density at radius 3 is 2.61 bits per heavy atom. The summed E-state index contributed by atoms with van der Waals surface area (Å²) in [5.41, 5.74) is 1.10. The fraction of sp³-hybridized carbons (Fsp3) is 0.593. The highest BCUT2D eigenvalue weighted by Gasteiger charge is 2.26. The maximum Gasteiger partial charge on any atom is 0.296 e. The SMILES string of the molecule is COCCN(C)C1CCC(CNc2cc(-n3c(C(F)F)nc4ccccc43)nc(N3CCOCC3)n2)CC1. The Hall–Kier alpha value is -2.89. The largest absolute Gasteiger partial charge is 0.383 e. The molecule has 0 bridgehead atoms. The van der Waals surface area contributed by atoms with E-state index in [2.05, 4.69) is 22.2 Å². The highest BCUT2D eigenvalue weighted by Crippen LogP contribution is 2.30. The standard InChI is InChI=1S/C27H37F2N7O2/c1-34(11-14-37-2)20-9-7-19(8-10-20)18-30-23-17-24(33-27(32-23)35-12-15-38-16-13-35)36-22-6-4-3-5-21(22)31-26(36)25(28)29/h3-6,17,19-20,25H,7-16,18H2,1-2H3,(H,30,32,33). The summed E-state index contributed by atoms with van der Waals surface area (Å²) in [5.74, 6) is 1.73. The zero-order valence-electron chi connectivity index (χ0n) is 22.2. The molecule has 206 valence electrons. The van der Waals surface area contributed by atoms with Crippen molar-refractivity contribution in [3.63, 3.8) is 0 Å². The highest BCUT2D eigenvalue weighted by atomic mass is 19.3. The summed E-state index contributed by atoms with van der Waals surface area (Å²) in [6.45, 7) is 4.93. The second kappa shape index (κ2) is 12.3. The molecule has 0 amide bonds. The van der Waals surface area contributed by atoms with E-state index in [1.165, 1.54) is 4.57 Å². The molecule has 5 rings (SSSR count). The van der Waals surface area contributed by atoms with Crippen LogP contribution in [0, 0.1) is 5.92 Å². The van der Waals surface area contributed by atoms with Crippen molar-refractivity contribution in [3.8, 4) is 5.82 Å². The lowest BCUT2D eigenvalue weighted by atomic mass is 9.85. The first-order valence-corrected chi connectivity index (χ1v) is 13.4. The maximum atomic E-state index is 14.1. The number of fused-ring (bicyclic) bond motifs is 1. The first kappa shape index (κ1) is 26.7. The molecular weight excluding hydrogens is 492 g/mol. The third-order valence-corrected chi connectivity index (χ3v) is 7.67. The number of methoxy groups -OCH3 is 1. The van der Waals surface area contributed by atoms with E-state index >= 15 is 0 Å². The number of hydrogen-bond acceptors (Lipinski definition) is 8. The molecule has 0 radical (unpaired) electrons. The Morgan fingerprint density at radius 1 is 1.11 bits per heavy atom. The topological polar surface area (TPSA) is 80.6 Å². The van der Waals surface area contributed by atoms with Gasteiger partial charge in [-0.05, 0) is 50.8 Å². The number of ether oxygens (including phenoxy) is 2. The minimum atomic E-state index is -2.74. The Balaban J connectivity index is 1.37. The maximum absolute atomic E-state index is 14.1. The van der Waals surface area contributed by atoms with Gasteiger partial charge >= 0.3 is 0 Å².